The molecule has 6 atom stereocenters. The monoisotopic (exact) mass is 448 g/mol. The summed E-state index contributed by atoms with van der Waals surface area (Å²) in [6, 6.07) is 0. The molecule has 9 heteroatoms. The third-order valence-corrected chi connectivity index (χ3v) is 9.27. The van der Waals surface area contributed by atoms with Crippen molar-refractivity contribution >= 4 is 16.6 Å². The van der Waals surface area contributed by atoms with Gasteiger partial charge in [-0.3, -0.25) is 4.79 Å². The first-order chi connectivity index (χ1) is 13.9. The molecule has 0 aromatic rings. The van der Waals surface area contributed by atoms with E-state index in [-0.39, 0.29) is 29.1 Å². The van der Waals surface area contributed by atoms with Crippen LogP contribution in [-0.2, 0) is 23.8 Å². The number of hydrogen-bond donors (Lipinski definition) is 0. The molecule has 0 N–H and O–H groups in total. The van der Waals surface area contributed by atoms with Crippen LogP contribution in [0.1, 0.15) is 58.8 Å². The summed E-state index contributed by atoms with van der Waals surface area (Å²) in [5.74, 6) is 0.631. The molecule has 2 fully saturated rings. The Morgan fingerprint density at radius 1 is 1.07 bits per heavy atom. The standard InChI is InChI=1S/C21H27F3O5S/c1-19-9-7-14(28-12-25)11-13(19)3-4-15-16-5-6-18(20(16,2)10-8-17(15)19)29-30(26,27)21(22,23)24/h3,6,12,14-17H,4-5,7-11H2,1-2H3/t14-,15-,16?,17?,19-,20-/m0/s1. The lowest BCUT2D eigenvalue weighted by atomic mass is 9.48. The fourth-order valence-corrected chi connectivity index (χ4v) is 7.23. The lowest BCUT2D eigenvalue weighted by Crippen LogP contribution is -2.50. The first kappa shape index (κ1) is 21.7. The van der Waals surface area contributed by atoms with Crippen LogP contribution in [0.4, 0.5) is 13.2 Å². The van der Waals surface area contributed by atoms with Gasteiger partial charge in [-0.05, 0) is 67.8 Å². The number of halogens is 3. The first-order valence-corrected chi connectivity index (χ1v) is 11.8. The van der Waals surface area contributed by atoms with Crippen LogP contribution in [0.3, 0.4) is 0 Å². The molecule has 0 heterocycles. The molecule has 0 aliphatic heterocycles. The molecule has 0 bridgehead atoms. The molecule has 0 aromatic carbocycles. The second-order valence-electron chi connectivity index (χ2n) is 9.60. The van der Waals surface area contributed by atoms with Gasteiger partial charge in [0.05, 0.1) is 0 Å². The average molecular weight is 449 g/mol. The summed E-state index contributed by atoms with van der Waals surface area (Å²) in [6.45, 7) is 4.60. The van der Waals surface area contributed by atoms with Gasteiger partial charge in [0.15, 0.2) is 0 Å². The zero-order valence-electron chi connectivity index (χ0n) is 17.1. The van der Waals surface area contributed by atoms with Crippen LogP contribution < -0.4 is 0 Å². The average Bonchev–Trinajstić information content (AvgIpc) is 2.97. The summed E-state index contributed by atoms with van der Waals surface area (Å²) in [7, 11) is -5.66. The maximum absolute atomic E-state index is 12.8. The highest BCUT2D eigenvalue weighted by Gasteiger charge is 2.59. The van der Waals surface area contributed by atoms with E-state index in [0.717, 1.165) is 32.1 Å². The van der Waals surface area contributed by atoms with E-state index in [1.807, 2.05) is 6.92 Å². The van der Waals surface area contributed by atoms with Gasteiger partial charge in [0.25, 0.3) is 6.47 Å². The number of hydrogen-bond acceptors (Lipinski definition) is 5. The highest BCUT2D eigenvalue weighted by molar-refractivity contribution is 7.87. The van der Waals surface area contributed by atoms with E-state index < -0.39 is 21.0 Å². The van der Waals surface area contributed by atoms with Gasteiger partial charge in [-0.1, -0.05) is 25.5 Å². The second kappa shape index (κ2) is 7.00. The fourth-order valence-electron chi connectivity index (χ4n) is 6.64. The van der Waals surface area contributed by atoms with Crippen molar-refractivity contribution in [2.24, 2.45) is 28.6 Å². The third-order valence-electron chi connectivity index (χ3n) is 8.30. The Hall–Kier alpha value is -1.51. The second-order valence-corrected chi connectivity index (χ2v) is 11.1. The molecular weight excluding hydrogens is 421 g/mol. The predicted molar refractivity (Wildman–Crippen MR) is 102 cm³/mol. The van der Waals surface area contributed by atoms with Crippen molar-refractivity contribution in [3.63, 3.8) is 0 Å². The van der Waals surface area contributed by atoms with Crippen LogP contribution in [0.5, 0.6) is 0 Å². The summed E-state index contributed by atoms with van der Waals surface area (Å²) in [5, 5.41) is 0. The third kappa shape index (κ3) is 3.19. The summed E-state index contributed by atoms with van der Waals surface area (Å²) >= 11 is 0. The molecule has 0 spiro atoms. The van der Waals surface area contributed by atoms with Gasteiger partial charge in [0.1, 0.15) is 11.9 Å². The van der Waals surface area contributed by atoms with E-state index in [1.165, 1.54) is 5.57 Å². The van der Waals surface area contributed by atoms with Gasteiger partial charge in [-0.25, -0.2) is 0 Å². The Morgan fingerprint density at radius 2 is 1.77 bits per heavy atom. The highest BCUT2D eigenvalue weighted by atomic mass is 32.2. The quantitative estimate of drug-likeness (QED) is 0.266. The minimum absolute atomic E-state index is 0.0192. The zero-order valence-corrected chi connectivity index (χ0v) is 17.9. The molecule has 0 saturated heterocycles. The Labute approximate surface area is 174 Å². The number of fused-ring (bicyclic) bond motifs is 5. The summed E-state index contributed by atoms with van der Waals surface area (Å²) in [5.41, 5.74) is -4.85. The minimum atomic E-state index is -5.66. The summed E-state index contributed by atoms with van der Waals surface area (Å²) in [6.07, 6.45) is 8.84. The molecule has 4 aliphatic rings. The van der Waals surface area contributed by atoms with Gasteiger partial charge >= 0.3 is 15.6 Å². The number of allylic oxidation sites excluding steroid dienone is 3. The van der Waals surface area contributed by atoms with E-state index in [4.69, 9.17) is 4.74 Å². The summed E-state index contributed by atoms with van der Waals surface area (Å²) < 4.78 is 71.6. The SMILES string of the molecule is C[C@]12CC[C@H](OC=O)CC1=CC[C@@H]1C2CC[C@]2(C)C(OS(=O)(=O)C(F)(F)F)=CCC12. The maximum atomic E-state index is 12.8. The van der Waals surface area contributed by atoms with E-state index in [2.05, 4.69) is 17.2 Å². The number of alkyl halides is 3. The Bertz CT molecular complexity index is 893. The largest absolute Gasteiger partial charge is 0.534 e. The highest BCUT2D eigenvalue weighted by Crippen LogP contribution is 2.65. The van der Waals surface area contributed by atoms with E-state index in [0.29, 0.717) is 25.2 Å². The van der Waals surface area contributed by atoms with E-state index in [9.17, 15) is 26.4 Å². The Kier molecular flexibility index (Phi) is 5.07. The molecule has 0 amide bonds. The van der Waals surface area contributed by atoms with Gasteiger partial charge in [-0.15, -0.1) is 0 Å². The van der Waals surface area contributed by atoms with Crippen molar-refractivity contribution in [3.05, 3.63) is 23.5 Å². The van der Waals surface area contributed by atoms with Crippen LogP contribution >= 0.6 is 0 Å². The van der Waals surface area contributed by atoms with Crippen LogP contribution in [0.25, 0.3) is 0 Å². The number of rotatable bonds is 4. The van der Waals surface area contributed by atoms with Crippen molar-refractivity contribution < 1.29 is 35.3 Å². The van der Waals surface area contributed by atoms with Crippen LogP contribution in [0.15, 0.2) is 23.5 Å². The lowest BCUT2D eigenvalue weighted by molar-refractivity contribution is -0.135. The van der Waals surface area contributed by atoms with Gasteiger partial charge in [0, 0.05) is 11.8 Å². The lowest BCUT2D eigenvalue weighted by Gasteiger charge is -2.57. The maximum Gasteiger partial charge on any atom is 0.534 e. The van der Waals surface area contributed by atoms with Gasteiger partial charge in [-0.2, -0.15) is 21.6 Å². The Morgan fingerprint density at radius 3 is 2.43 bits per heavy atom. The molecule has 4 aliphatic carbocycles. The van der Waals surface area contributed by atoms with Crippen molar-refractivity contribution in [2.45, 2.75) is 70.4 Å². The van der Waals surface area contributed by atoms with Crippen molar-refractivity contribution in [1.29, 1.82) is 0 Å². The normalized spacial score (nSPS) is 41.0. The van der Waals surface area contributed by atoms with E-state index >= 15 is 0 Å². The summed E-state index contributed by atoms with van der Waals surface area (Å²) in [4.78, 5) is 10.7. The predicted octanol–water partition coefficient (Wildman–Crippen LogP) is 4.85. The van der Waals surface area contributed by atoms with Gasteiger partial charge in [0.2, 0.25) is 0 Å². The van der Waals surface area contributed by atoms with E-state index in [1.54, 1.807) is 6.08 Å². The molecule has 5 nitrogen and oxygen atoms in total. The molecule has 30 heavy (non-hydrogen) atoms. The smallest absolute Gasteiger partial charge is 0.464 e. The van der Waals surface area contributed by atoms with Crippen molar-refractivity contribution in [2.75, 3.05) is 0 Å². The van der Waals surface area contributed by atoms with Crippen LogP contribution in [0, 0.1) is 28.6 Å². The molecule has 168 valence electrons. The van der Waals surface area contributed by atoms with Crippen LogP contribution in [0.2, 0.25) is 0 Å². The van der Waals surface area contributed by atoms with Gasteiger partial charge < -0.3 is 8.92 Å². The zero-order chi connectivity index (χ0) is 21.9. The molecule has 4 rings (SSSR count). The number of carbonyl (C=O) groups excluding carboxylic acids is 1. The Balaban J connectivity index is 1.57. The van der Waals surface area contributed by atoms with Crippen molar-refractivity contribution in [3.8, 4) is 0 Å². The number of ether oxygens (including phenoxy) is 1. The molecule has 0 radical (unpaired) electrons. The molecule has 2 unspecified atom stereocenters. The topological polar surface area (TPSA) is 69.7 Å². The molecule has 0 aromatic heterocycles. The van der Waals surface area contributed by atoms with Crippen molar-refractivity contribution in [1.82, 2.24) is 0 Å². The number of carbonyl (C=O) groups is 1. The molecule has 2 saturated carbocycles. The molecular formula is C21H27F3O5S. The minimum Gasteiger partial charge on any atom is -0.464 e. The van der Waals surface area contributed by atoms with Crippen LogP contribution in [-0.4, -0.2) is 26.5 Å². The fraction of sp³-hybridized carbons (Fsp3) is 0.762. The first-order valence-electron chi connectivity index (χ1n) is 10.4.